The lowest BCUT2D eigenvalue weighted by Gasteiger charge is -2.36. The molecule has 7 nitrogen and oxygen atoms in total. The quantitative estimate of drug-likeness (QED) is 0.744. The maximum Gasteiger partial charge on any atom is 0.337 e. The van der Waals surface area contributed by atoms with Gasteiger partial charge in [-0.1, -0.05) is 6.07 Å². The van der Waals surface area contributed by atoms with Crippen molar-refractivity contribution in [3.63, 3.8) is 0 Å². The Morgan fingerprint density at radius 3 is 2.64 bits per heavy atom. The minimum absolute atomic E-state index is 0.0870. The second-order valence-corrected chi connectivity index (χ2v) is 7.61. The van der Waals surface area contributed by atoms with Crippen LogP contribution in [0, 0.1) is 11.3 Å². The fourth-order valence-corrected chi connectivity index (χ4v) is 3.92. The van der Waals surface area contributed by atoms with Crippen molar-refractivity contribution in [2.24, 2.45) is 0 Å². The first-order valence-corrected chi connectivity index (χ1v) is 9.98. The summed E-state index contributed by atoms with van der Waals surface area (Å²) >= 11 is 1.49. The normalized spacial score (nSPS) is 14.5. The topological polar surface area (TPSA) is 96.7 Å². The first kappa shape index (κ1) is 19.9. The molecule has 0 saturated carbocycles. The van der Waals surface area contributed by atoms with Crippen molar-refractivity contribution in [3.05, 3.63) is 46.2 Å². The Bertz CT molecular complexity index is 868. The maximum absolute atomic E-state index is 12.2. The van der Waals surface area contributed by atoms with E-state index in [0.717, 1.165) is 43.3 Å². The van der Waals surface area contributed by atoms with Crippen molar-refractivity contribution < 1.29 is 14.7 Å². The molecule has 2 N–H and O–H groups in total. The molecule has 8 heteroatoms. The van der Waals surface area contributed by atoms with Gasteiger partial charge in [0.05, 0.1) is 23.7 Å². The number of thiophene rings is 1. The Labute approximate surface area is 167 Å². The van der Waals surface area contributed by atoms with Gasteiger partial charge in [0, 0.05) is 49.7 Å². The van der Waals surface area contributed by atoms with E-state index in [-0.39, 0.29) is 17.9 Å². The number of nitrogens with zero attached hydrogens (tertiary/aromatic N) is 3. The van der Waals surface area contributed by atoms with E-state index in [2.05, 4.69) is 21.2 Å². The van der Waals surface area contributed by atoms with E-state index in [1.165, 1.54) is 11.3 Å². The van der Waals surface area contributed by atoms with Crippen LogP contribution in [0.3, 0.4) is 0 Å². The number of rotatable bonds is 7. The molecule has 0 aliphatic carbocycles. The van der Waals surface area contributed by atoms with Gasteiger partial charge in [-0.3, -0.25) is 9.69 Å². The van der Waals surface area contributed by atoms with E-state index in [1.807, 2.05) is 23.6 Å². The zero-order valence-electron chi connectivity index (χ0n) is 15.4. The summed E-state index contributed by atoms with van der Waals surface area (Å²) in [6.07, 6.45) is 0.742. The highest BCUT2D eigenvalue weighted by Crippen LogP contribution is 2.25. The van der Waals surface area contributed by atoms with Crippen LogP contribution in [0.4, 0.5) is 11.4 Å². The monoisotopic (exact) mass is 398 g/mol. The molecule has 3 rings (SSSR count). The van der Waals surface area contributed by atoms with E-state index in [1.54, 1.807) is 12.1 Å². The van der Waals surface area contributed by atoms with E-state index >= 15 is 0 Å². The van der Waals surface area contributed by atoms with Crippen LogP contribution in [-0.4, -0.2) is 54.6 Å². The van der Waals surface area contributed by atoms with Crippen molar-refractivity contribution in [2.45, 2.75) is 12.8 Å². The van der Waals surface area contributed by atoms with Crippen LogP contribution in [-0.2, 0) is 11.2 Å². The van der Waals surface area contributed by atoms with Gasteiger partial charge in [0.25, 0.3) is 0 Å². The number of amides is 1. The van der Waals surface area contributed by atoms with Gasteiger partial charge in [0.15, 0.2) is 0 Å². The van der Waals surface area contributed by atoms with E-state index in [0.29, 0.717) is 12.1 Å². The van der Waals surface area contributed by atoms with Crippen molar-refractivity contribution in [1.82, 2.24) is 4.90 Å². The van der Waals surface area contributed by atoms with Gasteiger partial charge in [0.2, 0.25) is 5.91 Å². The van der Waals surface area contributed by atoms with Crippen molar-refractivity contribution in [2.75, 3.05) is 42.9 Å². The Morgan fingerprint density at radius 1 is 1.21 bits per heavy atom. The number of carboxylic acid groups (broad SMARTS) is 1. The van der Waals surface area contributed by atoms with Crippen LogP contribution in [0.25, 0.3) is 0 Å². The lowest BCUT2D eigenvalue weighted by Crippen LogP contribution is -2.46. The summed E-state index contributed by atoms with van der Waals surface area (Å²) in [5.41, 5.74) is 1.22. The molecule has 0 radical (unpaired) electrons. The summed E-state index contributed by atoms with van der Waals surface area (Å²) in [6.45, 7) is 3.98. The SMILES string of the molecule is N#CCCN1CCN(c2ccc(NC(=O)Cc3cccs3)c(C(=O)O)c2)CC1. The summed E-state index contributed by atoms with van der Waals surface area (Å²) in [6, 6.07) is 11.0. The van der Waals surface area contributed by atoms with Crippen LogP contribution in [0.2, 0.25) is 0 Å². The summed E-state index contributed by atoms with van der Waals surface area (Å²) in [5, 5.41) is 22.9. The summed E-state index contributed by atoms with van der Waals surface area (Å²) in [4.78, 5) is 29.2. The molecule has 1 aliphatic heterocycles. The molecule has 2 aromatic rings. The molecule has 1 saturated heterocycles. The highest BCUT2D eigenvalue weighted by Gasteiger charge is 2.20. The number of hydrogen-bond donors (Lipinski definition) is 2. The average molecular weight is 398 g/mol. The largest absolute Gasteiger partial charge is 0.478 e. The smallest absolute Gasteiger partial charge is 0.337 e. The van der Waals surface area contributed by atoms with Crippen LogP contribution < -0.4 is 10.2 Å². The highest BCUT2D eigenvalue weighted by molar-refractivity contribution is 7.10. The Balaban J connectivity index is 1.67. The zero-order valence-corrected chi connectivity index (χ0v) is 16.2. The number of aromatic carboxylic acids is 1. The van der Waals surface area contributed by atoms with Gasteiger partial charge in [0.1, 0.15) is 0 Å². The van der Waals surface area contributed by atoms with Gasteiger partial charge in [-0.05, 0) is 29.6 Å². The van der Waals surface area contributed by atoms with E-state index < -0.39 is 5.97 Å². The average Bonchev–Trinajstić information content (AvgIpc) is 3.19. The molecule has 1 aliphatic rings. The molecule has 146 valence electrons. The third-order valence-corrected chi connectivity index (χ3v) is 5.58. The van der Waals surface area contributed by atoms with E-state index in [4.69, 9.17) is 5.26 Å². The number of carbonyl (C=O) groups excluding carboxylic acids is 1. The molecule has 2 heterocycles. The number of nitriles is 1. The van der Waals surface area contributed by atoms with Gasteiger partial charge >= 0.3 is 5.97 Å². The van der Waals surface area contributed by atoms with Crippen LogP contribution in [0.15, 0.2) is 35.7 Å². The van der Waals surface area contributed by atoms with Crippen molar-refractivity contribution in [3.8, 4) is 6.07 Å². The summed E-state index contributed by atoms with van der Waals surface area (Å²) in [5.74, 6) is -1.30. The standard InChI is InChI=1S/C20H22N4O3S/c21-6-2-7-23-8-10-24(11-9-23)15-4-5-18(17(13-15)20(26)27)22-19(25)14-16-3-1-12-28-16/h1,3-5,12-13H,2,7-11,14H2,(H,22,25)(H,26,27). The molecule has 28 heavy (non-hydrogen) atoms. The first-order chi connectivity index (χ1) is 13.6. The number of benzene rings is 1. The lowest BCUT2D eigenvalue weighted by molar-refractivity contribution is -0.115. The molecule has 0 bridgehead atoms. The summed E-state index contributed by atoms with van der Waals surface area (Å²) in [7, 11) is 0. The highest BCUT2D eigenvalue weighted by atomic mass is 32.1. The third kappa shape index (κ3) is 5.09. The third-order valence-electron chi connectivity index (χ3n) is 4.70. The van der Waals surface area contributed by atoms with Gasteiger partial charge in [-0.25, -0.2) is 4.79 Å². The first-order valence-electron chi connectivity index (χ1n) is 9.10. The fourth-order valence-electron chi connectivity index (χ4n) is 3.22. The molecule has 1 amide bonds. The zero-order chi connectivity index (χ0) is 19.9. The number of hydrogen-bond acceptors (Lipinski definition) is 6. The van der Waals surface area contributed by atoms with Crippen LogP contribution in [0.1, 0.15) is 21.7 Å². The van der Waals surface area contributed by atoms with Gasteiger partial charge < -0.3 is 15.3 Å². The molecule has 1 aromatic carbocycles. The van der Waals surface area contributed by atoms with Crippen LogP contribution in [0.5, 0.6) is 0 Å². The number of carbonyl (C=O) groups is 2. The second kappa shape index (κ2) is 9.35. The minimum Gasteiger partial charge on any atom is -0.478 e. The minimum atomic E-state index is -1.07. The predicted octanol–water partition coefficient (Wildman–Crippen LogP) is 2.66. The second-order valence-electron chi connectivity index (χ2n) is 6.58. The number of carboxylic acids is 1. The lowest BCUT2D eigenvalue weighted by atomic mass is 10.1. The summed E-state index contributed by atoms with van der Waals surface area (Å²) < 4.78 is 0. The molecular weight excluding hydrogens is 376 g/mol. The molecule has 1 fully saturated rings. The van der Waals surface area contributed by atoms with E-state index in [9.17, 15) is 14.7 Å². The Kier molecular flexibility index (Phi) is 6.63. The van der Waals surface area contributed by atoms with Crippen molar-refractivity contribution in [1.29, 1.82) is 5.26 Å². The Morgan fingerprint density at radius 2 is 2.00 bits per heavy atom. The van der Waals surface area contributed by atoms with Gasteiger partial charge in [-0.15, -0.1) is 11.3 Å². The fraction of sp³-hybridized carbons (Fsp3) is 0.350. The van der Waals surface area contributed by atoms with Gasteiger partial charge in [-0.2, -0.15) is 5.26 Å². The number of anilines is 2. The molecule has 0 spiro atoms. The predicted molar refractivity (Wildman–Crippen MR) is 109 cm³/mol. The van der Waals surface area contributed by atoms with Crippen LogP contribution >= 0.6 is 11.3 Å². The molecule has 0 unspecified atom stereocenters. The number of nitrogens with one attached hydrogen (secondary N) is 1. The Hall–Kier alpha value is -2.89. The molecule has 1 aromatic heterocycles. The van der Waals surface area contributed by atoms with Crippen molar-refractivity contribution >= 4 is 34.6 Å². The maximum atomic E-state index is 12.2. The molecule has 0 atom stereocenters. The molecular formula is C20H22N4O3S. The number of piperazine rings is 1.